The zero-order valence-corrected chi connectivity index (χ0v) is 60.5. The van der Waals surface area contributed by atoms with Crippen molar-refractivity contribution in [2.45, 2.75) is 414 Å². The number of hydrogen-bond donors (Lipinski definition) is 11. The largest absolute Gasteiger partial charge is 0.472 e. The zero-order chi connectivity index (χ0) is 71.1. The van der Waals surface area contributed by atoms with Crippen molar-refractivity contribution >= 4 is 25.7 Å². The minimum atomic E-state index is -5.69. The maximum absolute atomic E-state index is 14.3. The fourth-order valence-corrected chi connectivity index (χ4v) is 13.8. The highest BCUT2D eigenvalue weighted by Gasteiger charge is 2.58. The van der Waals surface area contributed by atoms with E-state index in [1.165, 1.54) is 161 Å². The Kier molecular flexibility index (Phi) is 50.2. The van der Waals surface area contributed by atoms with Gasteiger partial charge in [0.05, 0.1) is 13.2 Å². The van der Waals surface area contributed by atoms with Crippen molar-refractivity contribution in [3.63, 3.8) is 0 Å². The van der Waals surface area contributed by atoms with Crippen LogP contribution in [0.25, 0.3) is 0 Å². The molecule has 11 N–H and O–H groups in total. The summed E-state index contributed by atoms with van der Waals surface area (Å²) in [6, 6.07) is 0. The van der Waals surface area contributed by atoms with Crippen LogP contribution in [0, 0.1) is 0 Å². The summed E-state index contributed by atoms with van der Waals surface area (Å²) in [5, 5.41) is 110. The first kappa shape index (κ1) is 89.2. The lowest BCUT2D eigenvalue weighted by molar-refractivity contribution is -0.360. The van der Waals surface area contributed by atoms with Gasteiger partial charge < -0.3 is 89.1 Å². The quantitative estimate of drug-likeness (QED) is 0.0117. The lowest BCUT2D eigenvalue weighted by atomic mass is 9.84. The molecule has 0 bridgehead atoms. The molecular weight excluding hydrogens is 1280 g/mol. The summed E-state index contributed by atoms with van der Waals surface area (Å²) in [6.45, 7) is 3.47. The van der Waals surface area contributed by atoms with E-state index < -0.39 is 156 Å². The molecule has 2 aliphatic heterocycles. The van der Waals surface area contributed by atoms with Crippen LogP contribution in [0.4, 0.5) is 0 Å². The molecule has 97 heavy (non-hydrogen) atoms. The van der Waals surface area contributed by atoms with Gasteiger partial charge in [-0.1, -0.05) is 271 Å². The Morgan fingerprint density at radius 1 is 0.361 bits per heavy atom. The predicted molar refractivity (Wildman–Crippen MR) is 365 cm³/mol. The SMILES string of the molecule is CCCCCCCCCCCCCCCCCCC(=O)OC(COC(=O)CCCCCCCCCCCCCCCCC)COP(=O)(O)OC1C(OC2OC(CO)C(O)C(O)C2O)C(O)C(O)C(O)C1OC1OC(COC(=O)CCCCCCCCCCCCC)C(O)C(O)C1O. The van der Waals surface area contributed by atoms with Crippen LogP contribution in [0.2, 0.25) is 0 Å². The van der Waals surface area contributed by atoms with Crippen LogP contribution in [-0.4, -0.2) is 204 Å². The third-order valence-corrected chi connectivity index (χ3v) is 20.1. The van der Waals surface area contributed by atoms with E-state index in [9.17, 15) is 74.9 Å². The lowest BCUT2D eigenvalue weighted by Gasteiger charge is -2.49. The van der Waals surface area contributed by atoms with Gasteiger partial charge in [-0.3, -0.25) is 23.4 Å². The molecule has 0 radical (unpaired) electrons. The van der Waals surface area contributed by atoms with Gasteiger partial charge in [0.15, 0.2) is 18.7 Å². The highest BCUT2D eigenvalue weighted by atomic mass is 31.2. The minimum Gasteiger partial charge on any atom is -0.463 e. The molecule has 1 saturated carbocycles. The van der Waals surface area contributed by atoms with E-state index in [1.54, 1.807) is 0 Å². The second-order valence-corrected chi connectivity index (χ2v) is 29.1. The number of aliphatic hydroxyl groups is 10. The van der Waals surface area contributed by atoms with E-state index in [2.05, 4.69) is 20.8 Å². The molecular formula is C72H135O24P. The fraction of sp³-hybridized carbons (Fsp3) is 0.958. The number of phosphoric acid groups is 1. The molecule has 25 heteroatoms. The van der Waals surface area contributed by atoms with Crippen molar-refractivity contribution in [3.8, 4) is 0 Å². The Bertz CT molecular complexity index is 2010. The van der Waals surface area contributed by atoms with Gasteiger partial charge in [-0.05, 0) is 19.3 Å². The molecule has 3 rings (SSSR count). The van der Waals surface area contributed by atoms with Gasteiger partial charge in [0.1, 0.15) is 98.7 Å². The Balaban J connectivity index is 1.73. The Morgan fingerprint density at radius 3 is 1.01 bits per heavy atom. The molecule has 3 fully saturated rings. The van der Waals surface area contributed by atoms with Crippen molar-refractivity contribution < 1.29 is 117 Å². The molecule has 18 unspecified atom stereocenters. The van der Waals surface area contributed by atoms with Crippen LogP contribution in [-0.2, 0) is 61.2 Å². The summed E-state index contributed by atoms with van der Waals surface area (Å²) < 4.78 is 65.0. The van der Waals surface area contributed by atoms with Crippen molar-refractivity contribution in [3.05, 3.63) is 0 Å². The van der Waals surface area contributed by atoms with Gasteiger partial charge >= 0.3 is 25.7 Å². The molecule has 2 heterocycles. The maximum atomic E-state index is 14.3. The van der Waals surface area contributed by atoms with Crippen LogP contribution in [0.15, 0.2) is 0 Å². The third-order valence-electron chi connectivity index (χ3n) is 19.1. The van der Waals surface area contributed by atoms with E-state index in [-0.39, 0.29) is 19.3 Å². The Morgan fingerprint density at radius 2 is 0.660 bits per heavy atom. The molecule has 3 aliphatic rings. The highest BCUT2D eigenvalue weighted by Crippen LogP contribution is 2.49. The third kappa shape index (κ3) is 37.8. The summed E-state index contributed by atoms with van der Waals surface area (Å²) >= 11 is 0. The van der Waals surface area contributed by atoms with Gasteiger partial charge in [0.25, 0.3) is 0 Å². The van der Waals surface area contributed by atoms with Crippen LogP contribution >= 0.6 is 7.82 Å². The van der Waals surface area contributed by atoms with Gasteiger partial charge in [0, 0.05) is 19.3 Å². The summed E-state index contributed by atoms with van der Waals surface area (Å²) in [5.41, 5.74) is 0. The number of aliphatic hydroxyl groups excluding tert-OH is 10. The molecule has 0 aromatic heterocycles. The van der Waals surface area contributed by atoms with Gasteiger partial charge in [-0.25, -0.2) is 4.57 Å². The Hall–Kier alpha value is -2.04. The first-order valence-electron chi connectivity index (χ1n) is 38.3. The first-order valence-corrected chi connectivity index (χ1v) is 39.8. The summed E-state index contributed by atoms with van der Waals surface area (Å²) in [7, 11) is -5.69. The number of unbranched alkanes of at least 4 members (excludes halogenated alkanes) is 39. The number of rotatable bonds is 60. The van der Waals surface area contributed by atoms with E-state index >= 15 is 0 Å². The molecule has 24 nitrogen and oxygen atoms in total. The van der Waals surface area contributed by atoms with Crippen LogP contribution in [0.1, 0.15) is 310 Å². The number of carbonyl (C=O) groups is 3. The van der Waals surface area contributed by atoms with Crippen LogP contribution < -0.4 is 0 Å². The number of carbonyl (C=O) groups excluding carboxylic acids is 3. The van der Waals surface area contributed by atoms with Crippen molar-refractivity contribution in [2.75, 3.05) is 26.4 Å². The Labute approximate surface area is 580 Å². The number of ether oxygens (including phenoxy) is 7. The van der Waals surface area contributed by atoms with Gasteiger partial charge in [-0.15, -0.1) is 0 Å². The van der Waals surface area contributed by atoms with Crippen LogP contribution in [0.3, 0.4) is 0 Å². The second kappa shape index (κ2) is 54.6. The summed E-state index contributed by atoms with van der Waals surface area (Å²) in [5.74, 6) is -1.97. The number of hydrogen-bond acceptors (Lipinski definition) is 23. The lowest BCUT2D eigenvalue weighted by Crippen LogP contribution is -2.69. The van der Waals surface area contributed by atoms with Crippen LogP contribution in [0.5, 0.6) is 0 Å². The molecule has 1 aliphatic carbocycles. The molecule has 0 aromatic rings. The van der Waals surface area contributed by atoms with E-state index in [0.29, 0.717) is 19.3 Å². The summed E-state index contributed by atoms with van der Waals surface area (Å²) in [6.07, 6.45) is 11.7. The van der Waals surface area contributed by atoms with Crippen molar-refractivity contribution in [2.24, 2.45) is 0 Å². The van der Waals surface area contributed by atoms with E-state index in [1.807, 2.05) is 0 Å². The standard InChI is InChI=1S/C72H135O24P/c1-4-7-10-13-16-19-22-24-26-28-30-33-36-39-42-45-48-58(76)91-53(50-88-56(74)46-43-40-37-35-32-29-27-25-23-20-17-14-11-8-5-2)51-90-97(86,87)96-70-68(94-71-66(84)61(79)59(77)54(49-73)92-71)64(82)63(81)65(83)69(70)95-72-67(85)62(80)60(78)55(93-72)52-89-57(75)47-44-41-38-34-31-21-18-15-12-9-6-3/h53-55,59-73,77-85H,4-52H2,1-3H3,(H,86,87). The predicted octanol–water partition coefficient (Wildman–Crippen LogP) is 10.6. The fourth-order valence-electron chi connectivity index (χ4n) is 12.9. The smallest absolute Gasteiger partial charge is 0.463 e. The minimum absolute atomic E-state index is 0.0327. The van der Waals surface area contributed by atoms with E-state index in [0.717, 1.165) is 89.9 Å². The molecule has 0 spiro atoms. The molecule has 572 valence electrons. The van der Waals surface area contributed by atoms with Gasteiger partial charge in [-0.2, -0.15) is 0 Å². The van der Waals surface area contributed by atoms with Crippen molar-refractivity contribution in [1.29, 1.82) is 0 Å². The average molecular weight is 1420 g/mol. The molecule has 2 saturated heterocycles. The monoisotopic (exact) mass is 1410 g/mol. The number of esters is 3. The highest BCUT2D eigenvalue weighted by molar-refractivity contribution is 7.47. The topological polar surface area (TPSA) is 374 Å². The average Bonchev–Trinajstić information content (AvgIpc) is 0.768. The molecule has 0 amide bonds. The number of phosphoric ester groups is 1. The van der Waals surface area contributed by atoms with E-state index in [4.69, 9.17) is 42.2 Å². The maximum Gasteiger partial charge on any atom is 0.472 e. The second-order valence-electron chi connectivity index (χ2n) is 27.7. The molecule has 18 atom stereocenters. The molecule has 0 aromatic carbocycles. The van der Waals surface area contributed by atoms with Crippen molar-refractivity contribution in [1.82, 2.24) is 0 Å². The first-order chi connectivity index (χ1) is 46.8. The normalized spacial score (nSPS) is 27.7. The summed E-state index contributed by atoms with van der Waals surface area (Å²) in [4.78, 5) is 51.0. The van der Waals surface area contributed by atoms with Gasteiger partial charge in [0.2, 0.25) is 0 Å². The zero-order valence-electron chi connectivity index (χ0n) is 59.6.